The minimum atomic E-state index is -0.0104. The maximum atomic E-state index is 5.99. The summed E-state index contributed by atoms with van der Waals surface area (Å²) >= 11 is 0. The van der Waals surface area contributed by atoms with Gasteiger partial charge < -0.3 is 19.5 Å². The molecule has 0 unspecified atom stereocenters. The third-order valence-electron chi connectivity index (χ3n) is 6.44. The Morgan fingerprint density at radius 1 is 1.07 bits per heavy atom. The summed E-state index contributed by atoms with van der Waals surface area (Å²) < 4.78 is 16.9. The molecule has 4 heteroatoms. The van der Waals surface area contributed by atoms with Crippen molar-refractivity contribution in [3.63, 3.8) is 0 Å². The SMILES string of the molecule is Cc1ccc([C@@H](CCCNCc2ccc3c(c2)OCO3)[C@H]2CCOC(C)(C)C2)cc1. The van der Waals surface area contributed by atoms with Gasteiger partial charge in [0.2, 0.25) is 6.79 Å². The lowest BCUT2D eigenvalue weighted by Gasteiger charge is -2.39. The van der Waals surface area contributed by atoms with Gasteiger partial charge in [0, 0.05) is 13.2 Å². The van der Waals surface area contributed by atoms with Crippen LogP contribution in [0.3, 0.4) is 0 Å². The van der Waals surface area contributed by atoms with E-state index >= 15 is 0 Å². The van der Waals surface area contributed by atoms with Gasteiger partial charge in [0.05, 0.1) is 5.60 Å². The Morgan fingerprint density at radius 2 is 1.87 bits per heavy atom. The normalized spacial score (nSPS) is 20.8. The highest BCUT2D eigenvalue weighted by molar-refractivity contribution is 5.44. The summed E-state index contributed by atoms with van der Waals surface area (Å²) in [5.74, 6) is 2.99. The average molecular weight is 410 g/mol. The number of benzene rings is 2. The van der Waals surface area contributed by atoms with E-state index < -0.39 is 0 Å². The maximum Gasteiger partial charge on any atom is 0.231 e. The summed E-state index contributed by atoms with van der Waals surface area (Å²) in [5, 5.41) is 3.61. The van der Waals surface area contributed by atoms with Crippen LogP contribution in [0.5, 0.6) is 11.5 Å². The zero-order valence-electron chi connectivity index (χ0n) is 18.6. The molecule has 30 heavy (non-hydrogen) atoms. The Morgan fingerprint density at radius 3 is 2.67 bits per heavy atom. The molecular formula is C26H35NO3. The van der Waals surface area contributed by atoms with Crippen LogP contribution in [0.4, 0.5) is 0 Å². The molecule has 2 heterocycles. The molecule has 2 aromatic rings. The highest BCUT2D eigenvalue weighted by Gasteiger charge is 2.33. The van der Waals surface area contributed by atoms with Crippen molar-refractivity contribution in [2.45, 2.75) is 64.5 Å². The predicted octanol–water partition coefficient (Wildman–Crippen LogP) is 5.58. The molecule has 0 aliphatic carbocycles. The zero-order chi connectivity index (χ0) is 21.0. The Hall–Kier alpha value is -2.04. The topological polar surface area (TPSA) is 39.7 Å². The first-order valence-corrected chi connectivity index (χ1v) is 11.3. The minimum Gasteiger partial charge on any atom is -0.454 e. The largest absolute Gasteiger partial charge is 0.454 e. The molecular weight excluding hydrogens is 374 g/mol. The molecule has 2 aliphatic heterocycles. The van der Waals surface area contributed by atoms with Crippen LogP contribution in [0, 0.1) is 12.8 Å². The number of hydrogen-bond donors (Lipinski definition) is 1. The van der Waals surface area contributed by atoms with Gasteiger partial charge in [-0.25, -0.2) is 0 Å². The summed E-state index contributed by atoms with van der Waals surface area (Å²) in [6.07, 6.45) is 4.67. The number of rotatable bonds is 8. The molecule has 1 fully saturated rings. The summed E-state index contributed by atoms with van der Waals surface area (Å²) in [6.45, 7) is 9.71. The van der Waals surface area contributed by atoms with E-state index in [1.807, 2.05) is 6.07 Å². The highest BCUT2D eigenvalue weighted by atomic mass is 16.7. The van der Waals surface area contributed by atoms with Gasteiger partial charge in [0.15, 0.2) is 11.5 Å². The molecule has 162 valence electrons. The zero-order valence-corrected chi connectivity index (χ0v) is 18.6. The van der Waals surface area contributed by atoms with Crippen molar-refractivity contribution >= 4 is 0 Å². The van der Waals surface area contributed by atoms with Gasteiger partial charge in [-0.1, -0.05) is 35.9 Å². The van der Waals surface area contributed by atoms with Crippen molar-refractivity contribution in [2.24, 2.45) is 5.92 Å². The van der Waals surface area contributed by atoms with Gasteiger partial charge >= 0.3 is 0 Å². The number of hydrogen-bond acceptors (Lipinski definition) is 4. The van der Waals surface area contributed by atoms with Crippen LogP contribution in [0.25, 0.3) is 0 Å². The Kier molecular flexibility index (Phi) is 6.64. The van der Waals surface area contributed by atoms with Gasteiger partial charge in [-0.2, -0.15) is 0 Å². The second-order valence-corrected chi connectivity index (χ2v) is 9.38. The fourth-order valence-corrected chi connectivity index (χ4v) is 4.84. The molecule has 0 spiro atoms. The standard InChI is InChI=1S/C26H35NO3/c1-19-6-9-21(10-7-19)23(22-12-14-30-26(2,3)16-22)5-4-13-27-17-20-8-11-24-25(15-20)29-18-28-24/h6-11,15,22-23,27H,4-5,12-14,16-18H2,1-3H3/t22-,23+/m0/s1. The lowest BCUT2D eigenvalue weighted by molar-refractivity contribution is -0.0772. The third-order valence-corrected chi connectivity index (χ3v) is 6.44. The molecule has 1 saturated heterocycles. The van der Waals surface area contributed by atoms with E-state index in [0.717, 1.165) is 44.0 Å². The molecule has 2 aliphatic rings. The lowest BCUT2D eigenvalue weighted by Crippen LogP contribution is -2.36. The minimum absolute atomic E-state index is 0.0104. The van der Waals surface area contributed by atoms with E-state index in [1.54, 1.807) is 0 Å². The van der Waals surface area contributed by atoms with Crippen LogP contribution in [0.2, 0.25) is 0 Å². The van der Waals surface area contributed by atoms with Crippen molar-refractivity contribution in [1.82, 2.24) is 5.32 Å². The van der Waals surface area contributed by atoms with Gasteiger partial charge in [-0.05, 0) is 88.1 Å². The van der Waals surface area contributed by atoms with Gasteiger partial charge in [0.25, 0.3) is 0 Å². The smallest absolute Gasteiger partial charge is 0.231 e. The molecule has 2 aromatic carbocycles. The van der Waals surface area contributed by atoms with E-state index in [9.17, 15) is 0 Å². The van der Waals surface area contributed by atoms with Crippen molar-refractivity contribution in [1.29, 1.82) is 0 Å². The average Bonchev–Trinajstić information content (AvgIpc) is 3.19. The van der Waals surface area contributed by atoms with Gasteiger partial charge in [0.1, 0.15) is 0 Å². The second kappa shape index (κ2) is 9.40. The van der Waals surface area contributed by atoms with E-state index in [4.69, 9.17) is 14.2 Å². The molecule has 4 rings (SSSR count). The third kappa shape index (κ3) is 5.35. The summed E-state index contributed by atoms with van der Waals surface area (Å²) in [7, 11) is 0. The van der Waals surface area contributed by atoms with Crippen LogP contribution in [0.1, 0.15) is 62.1 Å². The molecule has 1 N–H and O–H groups in total. The van der Waals surface area contributed by atoms with E-state index in [0.29, 0.717) is 18.6 Å². The number of ether oxygens (including phenoxy) is 3. The monoisotopic (exact) mass is 409 g/mol. The fourth-order valence-electron chi connectivity index (χ4n) is 4.84. The van der Waals surface area contributed by atoms with Crippen LogP contribution < -0.4 is 14.8 Å². The van der Waals surface area contributed by atoms with Gasteiger partial charge in [-0.3, -0.25) is 0 Å². The van der Waals surface area contributed by atoms with E-state index in [-0.39, 0.29) is 5.60 Å². The summed E-state index contributed by atoms with van der Waals surface area (Å²) in [6, 6.07) is 15.4. The number of nitrogens with one attached hydrogen (secondary N) is 1. The highest BCUT2D eigenvalue weighted by Crippen LogP contribution is 2.40. The maximum absolute atomic E-state index is 5.99. The fraction of sp³-hybridized carbons (Fsp3) is 0.538. The molecule has 0 bridgehead atoms. The first kappa shape index (κ1) is 21.2. The van der Waals surface area contributed by atoms with Crippen LogP contribution in [-0.2, 0) is 11.3 Å². The second-order valence-electron chi connectivity index (χ2n) is 9.38. The first-order valence-electron chi connectivity index (χ1n) is 11.3. The number of fused-ring (bicyclic) bond motifs is 1. The quantitative estimate of drug-likeness (QED) is 0.578. The molecule has 0 aromatic heterocycles. The lowest BCUT2D eigenvalue weighted by atomic mass is 9.74. The molecule has 4 nitrogen and oxygen atoms in total. The Balaban J connectivity index is 1.32. The first-order chi connectivity index (χ1) is 14.5. The van der Waals surface area contributed by atoms with Crippen LogP contribution >= 0.6 is 0 Å². The van der Waals surface area contributed by atoms with E-state index in [1.165, 1.54) is 29.5 Å². The molecule has 0 saturated carbocycles. The summed E-state index contributed by atoms with van der Waals surface area (Å²) in [5.41, 5.74) is 4.04. The summed E-state index contributed by atoms with van der Waals surface area (Å²) in [4.78, 5) is 0. The van der Waals surface area contributed by atoms with Crippen molar-refractivity contribution in [3.8, 4) is 11.5 Å². The number of aryl methyl sites for hydroxylation is 1. The van der Waals surface area contributed by atoms with Crippen LogP contribution in [0.15, 0.2) is 42.5 Å². The van der Waals surface area contributed by atoms with Gasteiger partial charge in [-0.15, -0.1) is 0 Å². The van der Waals surface area contributed by atoms with Crippen molar-refractivity contribution in [2.75, 3.05) is 19.9 Å². The van der Waals surface area contributed by atoms with Crippen LogP contribution in [-0.4, -0.2) is 25.5 Å². The molecule has 2 atom stereocenters. The van der Waals surface area contributed by atoms with Crippen molar-refractivity contribution < 1.29 is 14.2 Å². The Bertz CT molecular complexity index is 831. The molecule has 0 amide bonds. The predicted molar refractivity (Wildman–Crippen MR) is 120 cm³/mol. The molecule has 0 radical (unpaired) electrons. The van der Waals surface area contributed by atoms with E-state index in [2.05, 4.69) is 62.5 Å². The van der Waals surface area contributed by atoms with Crippen molar-refractivity contribution in [3.05, 3.63) is 59.2 Å². The Labute approximate surface area is 180 Å².